The van der Waals surface area contributed by atoms with Crippen molar-refractivity contribution < 1.29 is 13.9 Å². The van der Waals surface area contributed by atoms with Crippen LogP contribution in [-0.4, -0.2) is 43.6 Å². The number of ether oxygens (including phenoxy) is 1. The highest BCUT2D eigenvalue weighted by Gasteiger charge is 2.27. The van der Waals surface area contributed by atoms with Gasteiger partial charge in [-0.1, -0.05) is 0 Å². The second-order valence-electron chi connectivity index (χ2n) is 6.00. The van der Waals surface area contributed by atoms with E-state index in [2.05, 4.69) is 21.2 Å². The van der Waals surface area contributed by atoms with Crippen LogP contribution in [0.2, 0.25) is 0 Å². The van der Waals surface area contributed by atoms with E-state index >= 15 is 0 Å². The van der Waals surface area contributed by atoms with Gasteiger partial charge in [0, 0.05) is 13.1 Å². The Morgan fingerprint density at radius 1 is 1.46 bits per heavy atom. The molecular formula is C17H25BrClFN2O2. The molecule has 1 aliphatic rings. The minimum absolute atomic E-state index is 0. The molecule has 1 amide bonds. The lowest BCUT2D eigenvalue weighted by Crippen LogP contribution is -2.45. The normalized spacial score (nSPS) is 16.4. The number of carbonyl (C=O) groups is 1. The maximum atomic E-state index is 13.1. The first-order chi connectivity index (χ1) is 11.0. The van der Waals surface area contributed by atoms with E-state index in [1.54, 1.807) is 6.92 Å². The van der Waals surface area contributed by atoms with Crippen LogP contribution in [0.25, 0.3) is 0 Å². The number of nitrogens with one attached hydrogen (secondary N) is 1. The smallest absolute Gasteiger partial charge is 0.263 e. The zero-order chi connectivity index (χ0) is 16.8. The van der Waals surface area contributed by atoms with Gasteiger partial charge in [0.1, 0.15) is 11.6 Å². The van der Waals surface area contributed by atoms with Crippen molar-refractivity contribution >= 4 is 34.2 Å². The van der Waals surface area contributed by atoms with E-state index in [4.69, 9.17) is 4.74 Å². The molecule has 136 valence electrons. The molecule has 2 rings (SSSR count). The summed E-state index contributed by atoms with van der Waals surface area (Å²) in [4.78, 5) is 14.4. The number of halogens is 3. The van der Waals surface area contributed by atoms with Crippen LogP contribution in [0, 0.1) is 11.7 Å². The van der Waals surface area contributed by atoms with Crippen molar-refractivity contribution in [2.24, 2.45) is 5.92 Å². The first-order valence-electron chi connectivity index (χ1n) is 8.06. The van der Waals surface area contributed by atoms with Crippen LogP contribution in [0.3, 0.4) is 0 Å². The molecule has 0 aliphatic carbocycles. The molecular weight excluding hydrogens is 399 g/mol. The number of rotatable bonds is 6. The van der Waals surface area contributed by atoms with Crippen molar-refractivity contribution in [2.45, 2.75) is 32.3 Å². The largest absolute Gasteiger partial charge is 0.480 e. The Kier molecular flexibility index (Phi) is 9.02. The van der Waals surface area contributed by atoms with E-state index in [9.17, 15) is 9.18 Å². The molecule has 0 spiro atoms. The third-order valence-electron chi connectivity index (χ3n) is 4.27. The van der Waals surface area contributed by atoms with Gasteiger partial charge in [-0.25, -0.2) is 4.39 Å². The number of benzene rings is 1. The zero-order valence-electron chi connectivity index (χ0n) is 14.1. The van der Waals surface area contributed by atoms with Gasteiger partial charge in [-0.3, -0.25) is 4.79 Å². The molecule has 1 aliphatic heterocycles. The number of carbonyl (C=O) groups excluding carboxylic acids is 1. The Balaban J connectivity index is 0.00000288. The van der Waals surface area contributed by atoms with Crippen LogP contribution >= 0.6 is 28.3 Å². The molecule has 0 bridgehead atoms. The predicted octanol–water partition coefficient (Wildman–Crippen LogP) is 3.63. The second-order valence-corrected chi connectivity index (χ2v) is 6.85. The average Bonchev–Trinajstić information content (AvgIpc) is 2.55. The maximum absolute atomic E-state index is 13.1. The summed E-state index contributed by atoms with van der Waals surface area (Å²) < 4.78 is 19.3. The minimum Gasteiger partial charge on any atom is -0.480 e. The van der Waals surface area contributed by atoms with Gasteiger partial charge >= 0.3 is 0 Å². The van der Waals surface area contributed by atoms with Crippen LogP contribution in [0.4, 0.5) is 4.39 Å². The fraction of sp³-hybridized carbons (Fsp3) is 0.588. The lowest BCUT2D eigenvalue weighted by molar-refractivity contribution is -0.139. The summed E-state index contributed by atoms with van der Waals surface area (Å²) in [6.07, 6.45) is 2.67. The van der Waals surface area contributed by atoms with E-state index < -0.39 is 6.10 Å². The second kappa shape index (κ2) is 10.2. The van der Waals surface area contributed by atoms with Gasteiger partial charge in [-0.05, 0) is 79.8 Å². The maximum Gasteiger partial charge on any atom is 0.263 e. The third kappa shape index (κ3) is 5.90. The Hall–Kier alpha value is -0.850. The molecule has 0 radical (unpaired) electrons. The fourth-order valence-corrected chi connectivity index (χ4v) is 3.30. The molecule has 1 unspecified atom stereocenters. The minimum atomic E-state index is -0.578. The highest BCUT2D eigenvalue weighted by atomic mass is 79.9. The molecule has 0 saturated carbocycles. The third-order valence-corrected chi connectivity index (χ3v) is 4.89. The zero-order valence-corrected chi connectivity index (χ0v) is 16.5. The van der Waals surface area contributed by atoms with Gasteiger partial charge in [0.2, 0.25) is 0 Å². The molecule has 0 aromatic heterocycles. The number of nitrogens with zero attached hydrogens (tertiary/aromatic N) is 1. The number of hydrogen-bond acceptors (Lipinski definition) is 3. The van der Waals surface area contributed by atoms with Crippen molar-refractivity contribution in [3.8, 4) is 5.75 Å². The molecule has 1 saturated heterocycles. The number of hydrogen-bond donors (Lipinski definition) is 1. The molecule has 24 heavy (non-hydrogen) atoms. The summed E-state index contributed by atoms with van der Waals surface area (Å²) in [5.74, 6) is 0.824. The summed E-state index contributed by atoms with van der Waals surface area (Å²) in [5.41, 5.74) is 0. The summed E-state index contributed by atoms with van der Waals surface area (Å²) in [6, 6.07) is 4.19. The molecule has 1 atom stereocenters. The fourth-order valence-electron chi connectivity index (χ4n) is 2.86. The number of piperidine rings is 1. The van der Waals surface area contributed by atoms with E-state index in [1.165, 1.54) is 18.2 Å². The topological polar surface area (TPSA) is 41.6 Å². The van der Waals surface area contributed by atoms with Gasteiger partial charge in [0.15, 0.2) is 6.10 Å². The highest BCUT2D eigenvalue weighted by Crippen LogP contribution is 2.27. The Morgan fingerprint density at radius 2 is 2.12 bits per heavy atom. The summed E-state index contributed by atoms with van der Waals surface area (Å²) in [5, 5.41) is 3.17. The predicted molar refractivity (Wildman–Crippen MR) is 99.3 cm³/mol. The molecule has 1 N–H and O–H groups in total. The number of amides is 1. The monoisotopic (exact) mass is 422 g/mol. The van der Waals surface area contributed by atoms with Crippen LogP contribution in [0.5, 0.6) is 5.75 Å². The average molecular weight is 424 g/mol. The van der Waals surface area contributed by atoms with E-state index in [-0.39, 0.29) is 24.1 Å². The molecule has 7 heteroatoms. The van der Waals surface area contributed by atoms with E-state index in [0.29, 0.717) is 16.1 Å². The van der Waals surface area contributed by atoms with Gasteiger partial charge in [0.25, 0.3) is 5.91 Å². The van der Waals surface area contributed by atoms with Crippen LogP contribution < -0.4 is 10.1 Å². The molecule has 4 nitrogen and oxygen atoms in total. The van der Waals surface area contributed by atoms with Crippen molar-refractivity contribution in [1.29, 1.82) is 0 Å². The van der Waals surface area contributed by atoms with Gasteiger partial charge in [-0.2, -0.15) is 0 Å². The first kappa shape index (κ1) is 21.2. The molecule has 1 aromatic rings. The van der Waals surface area contributed by atoms with Crippen LogP contribution in [-0.2, 0) is 4.79 Å². The van der Waals surface area contributed by atoms with E-state index in [1.807, 2.05) is 11.9 Å². The molecule has 1 heterocycles. The standard InChI is InChI=1S/C17H24BrFN2O2.ClH/c1-12(23-16-4-3-14(19)11-15(16)18)17(22)21-9-6-13(7-10-21)5-8-20-2;/h3-4,11-13,20H,5-10H2,1-2H3;1H. The van der Waals surface area contributed by atoms with Crippen molar-refractivity contribution in [1.82, 2.24) is 10.2 Å². The van der Waals surface area contributed by atoms with Gasteiger partial charge in [-0.15, -0.1) is 12.4 Å². The van der Waals surface area contributed by atoms with Crippen molar-refractivity contribution in [3.05, 3.63) is 28.5 Å². The highest BCUT2D eigenvalue weighted by molar-refractivity contribution is 9.10. The quantitative estimate of drug-likeness (QED) is 0.760. The summed E-state index contributed by atoms with van der Waals surface area (Å²) >= 11 is 3.26. The van der Waals surface area contributed by atoms with Crippen LogP contribution in [0.15, 0.2) is 22.7 Å². The van der Waals surface area contributed by atoms with Crippen molar-refractivity contribution in [3.63, 3.8) is 0 Å². The Labute approximate surface area is 157 Å². The van der Waals surface area contributed by atoms with E-state index in [0.717, 1.165) is 38.9 Å². The molecule has 1 fully saturated rings. The SMILES string of the molecule is CNCCC1CCN(C(=O)C(C)Oc2ccc(F)cc2Br)CC1.Cl. The van der Waals surface area contributed by atoms with Crippen molar-refractivity contribution in [2.75, 3.05) is 26.7 Å². The van der Waals surface area contributed by atoms with Gasteiger partial charge in [0.05, 0.1) is 4.47 Å². The van der Waals surface area contributed by atoms with Gasteiger partial charge < -0.3 is 15.0 Å². The first-order valence-corrected chi connectivity index (χ1v) is 8.85. The lowest BCUT2D eigenvalue weighted by atomic mass is 9.93. The summed E-state index contributed by atoms with van der Waals surface area (Å²) in [6.45, 7) is 4.33. The Morgan fingerprint density at radius 3 is 2.71 bits per heavy atom. The Bertz CT molecular complexity index is 539. The lowest BCUT2D eigenvalue weighted by Gasteiger charge is -2.33. The number of likely N-dealkylation sites (tertiary alicyclic amines) is 1. The summed E-state index contributed by atoms with van der Waals surface area (Å²) in [7, 11) is 1.96. The van der Waals surface area contributed by atoms with Crippen LogP contribution in [0.1, 0.15) is 26.2 Å². The molecule has 1 aromatic carbocycles.